The zero-order valence-electron chi connectivity index (χ0n) is 17.4. The van der Waals surface area contributed by atoms with Gasteiger partial charge in [0.1, 0.15) is 0 Å². The number of nitrogens with one attached hydrogen (secondary N) is 1. The third-order valence-corrected chi connectivity index (χ3v) is 6.70. The zero-order valence-corrected chi connectivity index (χ0v) is 17.4. The molecule has 3 unspecified atom stereocenters. The van der Waals surface area contributed by atoms with Crippen molar-refractivity contribution in [3.63, 3.8) is 0 Å². The Kier molecular flexibility index (Phi) is 4.58. The number of benzene rings is 1. The lowest BCUT2D eigenvalue weighted by Crippen LogP contribution is -2.43. The number of anilines is 2. The molecule has 5 rings (SSSR count). The van der Waals surface area contributed by atoms with Crippen molar-refractivity contribution in [2.45, 2.75) is 63.6 Å². The zero-order chi connectivity index (χ0) is 20.8. The molecule has 2 fully saturated rings. The van der Waals surface area contributed by atoms with Gasteiger partial charge in [-0.2, -0.15) is 5.26 Å². The Hall–Kier alpha value is -3.14. The topological polar surface area (TPSA) is 85.2 Å². The molecule has 30 heavy (non-hydrogen) atoms. The quantitative estimate of drug-likeness (QED) is 0.791. The van der Waals surface area contributed by atoms with Gasteiger partial charge in [0, 0.05) is 35.7 Å². The van der Waals surface area contributed by atoms with Crippen LogP contribution in [0.4, 0.5) is 11.6 Å². The lowest BCUT2D eigenvalue weighted by atomic mass is 9.95. The van der Waals surface area contributed by atoms with E-state index in [0.29, 0.717) is 17.5 Å². The van der Waals surface area contributed by atoms with Crippen LogP contribution in [0.3, 0.4) is 0 Å². The summed E-state index contributed by atoms with van der Waals surface area (Å²) in [5.74, 6) is 1.02. The van der Waals surface area contributed by atoms with Gasteiger partial charge in [0.15, 0.2) is 6.19 Å². The van der Waals surface area contributed by atoms with Crippen molar-refractivity contribution >= 4 is 17.5 Å². The summed E-state index contributed by atoms with van der Waals surface area (Å²) >= 11 is 0. The molecule has 4 heterocycles. The third-order valence-electron chi connectivity index (χ3n) is 6.70. The molecule has 3 atom stereocenters. The minimum Gasteiger partial charge on any atom is -0.347 e. The average molecular weight is 403 g/mol. The summed E-state index contributed by atoms with van der Waals surface area (Å²) in [6.07, 6.45) is 7.88. The Morgan fingerprint density at radius 2 is 2.17 bits per heavy atom. The highest BCUT2D eigenvalue weighted by molar-refractivity contribution is 5.95. The van der Waals surface area contributed by atoms with E-state index in [1.54, 1.807) is 0 Å². The summed E-state index contributed by atoms with van der Waals surface area (Å²) < 4.78 is 0. The van der Waals surface area contributed by atoms with Crippen molar-refractivity contribution in [1.29, 1.82) is 5.26 Å². The number of carbonyl (C=O) groups is 1. The van der Waals surface area contributed by atoms with Crippen LogP contribution in [0.25, 0.3) is 0 Å². The second-order valence-electron chi connectivity index (χ2n) is 8.80. The number of hydrogen-bond acceptors (Lipinski definition) is 6. The van der Waals surface area contributed by atoms with Gasteiger partial charge < -0.3 is 15.1 Å². The van der Waals surface area contributed by atoms with Crippen LogP contribution in [0.15, 0.2) is 30.5 Å². The minimum atomic E-state index is -0.0512. The van der Waals surface area contributed by atoms with Crippen molar-refractivity contribution in [1.82, 2.24) is 20.2 Å². The summed E-state index contributed by atoms with van der Waals surface area (Å²) in [7, 11) is 0. The van der Waals surface area contributed by atoms with Gasteiger partial charge in [0.25, 0.3) is 5.91 Å². The average Bonchev–Trinajstić information content (AvgIpc) is 3.45. The van der Waals surface area contributed by atoms with Crippen molar-refractivity contribution in [3.05, 3.63) is 47.3 Å². The smallest absolute Gasteiger partial charge is 0.251 e. The van der Waals surface area contributed by atoms with E-state index in [9.17, 15) is 10.1 Å². The van der Waals surface area contributed by atoms with Crippen LogP contribution >= 0.6 is 0 Å². The second-order valence-corrected chi connectivity index (χ2v) is 8.80. The fourth-order valence-corrected chi connectivity index (χ4v) is 5.12. The first-order chi connectivity index (χ1) is 14.5. The van der Waals surface area contributed by atoms with Crippen LogP contribution in [0, 0.1) is 11.5 Å². The molecule has 3 aliphatic heterocycles. The van der Waals surface area contributed by atoms with E-state index in [1.807, 2.05) is 35.4 Å². The standard InChI is InChI=1S/C23H26N6O/c1-14(2)18-7-9-25-23(27-18)28-10-8-15-11-16(3-5-20(15)28)22(30)26-19-12-17-4-6-21(19)29(17)13-24/h3,5,7,9,11,14,17,19,21H,4,6,8,10,12H2,1-2H3,(H,26,30). The highest BCUT2D eigenvalue weighted by atomic mass is 16.1. The Morgan fingerprint density at radius 1 is 1.30 bits per heavy atom. The summed E-state index contributed by atoms with van der Waals surface area (Å²) in [5.41, 5.74) is 3.93. The van der Waals surface area contributed by atoms with E-state index in [2.05, 4.69) is 35.2 Å². The van der Waals surface area contributed by atoms with E-state index in [0.717, 1.165) is 55.1 Å². The monoisotopic (exact) mass is 402 g/mol. The number of rotatable bonds is 4. The lowest BCUT2D eigenvalue weighted by Gasteiger charge is -2.22. The molecule has 0 spiro atoms. The van der Waals surface area contributed by atoms with Crippen LogP contribution in [0.2, 0.25) is 0 Å². The molecular weight excluding hydrogens is 376 g/mol. The van der Waals surface area contributed by atoms with Gasteiger partial charge in [0.2, 0.25) is 5.95 Å². The number of carbonyl (C=O) groups excluding carboxylic acids is 1. The first-order valence-electron chi connectivity index (χ1n) is 10.8. The van der Waals surface area contributed by atoms with Gasteiger partial charge in [0.05, 0.1) is 12.1 Å². The maximum Gasteiger partial charge on any atom is 0.251 e. The Labute approximate surface area is 176 Å². The number of nitriles is 1. The molecule has 7 nitrogen and oxygen atoms in total. The molecule has 2 aromatic rings. The largest absolute Gasteiger partial charge is 0.347 e. The SMILES string of the molecule is CC(C)c1ccnc(N2CCc3cc(C(=O)NC4CC5CCC4N5C#N)ccc32)n1. The Balaban J connectivity index is 1.33. The molecule has 1 amide bonds. The fraction of sp³-hybridized carbons (Fsp3) is 0.478. The maximum absolute atomic E-state index is 12.9. The van der Waals surface area contributed by atoms with E-state index in [1.165, 1.54) is 0 Å². The predicted molar refractivity (Wildman–Crippen MR) is 113 cm³/mol. The molecule has 3 aliphatic rings. The van der Waals surface area contributed by atoms with Crippen molar-refractivity contribution in [2.75, 3.05) is 11.4 Å². The van der Waals surface area contributed by atoms with Gasteiger partial charge in [-0.3, -0.25) is 4.79 Å². The number of hydrogen-bond donors (Lipinski definition) is 1. The summed E-state index contributed by atoms with van der Waals surface area (Å²) in [6, 6.07) is 8.35. The molecule has 1 aromatic heterocycles. The van der Waals surface area contributed by atoms with Gasteiger partial charge in [-0.05, 0) is 61.4 Å². The third kappa shape index (κ3) is 3.07. The normalized spacial score (nSPS) is 24.3. The molecule has 2 bridgehead atoms. The number of nitrogens with zero attached hydrogens (tertiary/aromatic N) is 5. The molecule has 154 valence electrons. The first-order valence-corrected chi connectivity index (χ1v) is 10.8. The van der Waals surface area contributed by atoms with Gasteiger partial charge in [-0.15, -0.1) is 0 Å². The minimum absolute atomic E-state index is 0.0512. The molecule has 0 radical (unpaired) electrons. The van der Waals surface area contributed by atoms with Crippen LogP contribution in [-0.2, 0) is 6.42 Å². The Morgan fingerprint density at radius 3 is 2.93 bits per heavy atom. The highest BCUT2D eigenvalue weighted by Crippen LogP contribution is 2.37. The number of amides is 1. The van der Waals surface area contributed by atoms with Crippen LogP contribution < -0.4 is 10.2 Å². The molecule has 2 saturated heterocycles. The number of fused-ring (bicyclic) bond motifs is 3. The van der Waals surface area contributed by atoms with Crippen molar-refractivity contribution in [3.8, 4) is 6.19 Å². The van der Waals surface area contributed by atoms with E-state index in [-0.39, 0.29) is 18.0 Å². The van der Waals surface area contributed by atoms with Crippen LogP contribution in [0.1, 0.15) is 60.6 Å². The Bertz CT molecular complexity index is 1030. The molecule has 1 N–H and O–H groups in total. The van der Waals surface area contributed by atoms with Crippen molar-refractivity contribution < 1.29 is 4.79 Å². The van der Waals surface area contributed by atoms with Gasteiger partial charge >= 0.3 is 0 Å². The molecule has 7 heteroatoms. The van der Waals surface area contributed by atoms with Gasteiger partial charge in [-0.1, -0.05) is 13.8 Å². The fourth-order valence-electron chi connectivity index (χ4n) is 5.12. The second kappa shape index (κ2) is 7.28. The van der Waals surface area contributed by atoms with Crippen LogP contribution in [0.5, 0.6) is 0 Å². The lowest BCUT2D eigenvalue weighted by molar-refractivity contribution is 0.0928. The van der Waals surface area contributed by atoms with E-state index < -0.39 is 0 Å². The maximum atomic E-state index is 12.9. The summed E-state index contributed by atoms with van der Waals surface area (Å²) in [6.45, 7) is 5.06. The molecule has 0 aliphatic carbocycles. The van der Waals surface area contributed by atoms with E-state index >= 15 is 0 Å². The van der Waals surface area contributed by atoms with Crippen LogP contribution in [-0.4, -0.2) is 45.4 Å². The summed E-state index contributed by atoms with van der Waals surface area (Å²) in [5, 5.41) is 12.5. The molecule has 1 aromatic carbocycles. The first kappa shape index (κ1) is 18.9. The predicted octanol–water partition coefficient (Wildman–Crippen LogP) is 3.11. The number of aromatic nitrogens is 2. The molecular formula is C23H26N6O. The van der Waals surface area contributed by atoms with Crippen molar-refractivity contribution in [2.24, 2.45) is 0 Å². The molecule has 0 saturated carbocycles. The highest BCUT2D eigenvalue weighted by Gasteiger charge is 2.46. The van der Waals surface area contributed by atoms with E-state index in [4.69, 9.17) is 4.98 Å². The van der Waals surface area contributed by atoms with Gasteiger partial charge in [-0.25, -0.2) is 9.97 Å². The summed E-state index contributed by atoms with van der Waals surface area (Å²) in [4.78, 5) is 26.1.